The van der Waals surface area contributed by atoms with Crippen LogP contribution in [0.2, 0.25) is 0 Å². The van der Waals surface area contributed by atoms with Crippen LogP contribution >= 0.6 is 0 Å². The minimum atomic E-state index is -0.607. The summed E-state index contributed by atoms with van der Waals surface area (Å²) in [5.41, 5.74) is 1.79. The monoisotopic (exact) mass is 438 g/mol. The summed E-state index contributed by atoms with van der Waals surface area (Å²) in [6, 6.07) is 11.5. The first-order valence-corrected chi connectivity index (χ1v) is 11.3. The number of allylic oxidation sites excluding steroid dienone is 1. The van der Waals surface area contributed by atoms with E-state index in [9.17, 15) is 18.4 Å². The summed E-state index contributed by atoms with van der Waals surface area (Å²) in [6.07, 6.45) is 8.84. The van der Waals surface area contributed by atoms with E-state index < -0.39 is 11.6 Å². The van der Waals surface area contributed by atoms with Crippen molar-refractivity contribution in [1.29, 1.82) is 0 Å². The van der Waals surface area contributed by atoms with E-state index in [4.69, 9.17) is 0 Å². The molecule has 0 unspecified atom stereocenters. The van der Waals surface area contributed by atoms with E-state index in [2.05, 4.69) is 0 Å². The van der Waals surface area contributed by atoms with Crippen molar-refractivity contribution in [2.75, 3.05) is 31.1 Å². The van der Waals surface area contributed by atoms with Crippen LogP contribution in [0.4, 0.5) is 14.5 Å². The Morgan fingerprint density at radius 2 is 1.44 bits per heavy atom. The first kappa shape index (κ1) is 22.2. The van der Waals surface area contributed by atoms with Crippen molar-refractivity contribution in [3.8, 4) is 0 Å². The maximum absolute atomic E-state index is 14.0. The summed E-state index contributed by atoms with van der Waals surface area (Å²) in [5.74, 6) is -1.11. The minimum absolute atomic E-state index is 0.0537. The molecule has 32 heavy (non-hydrogen) atoms. The Hall–Kier alpha value is -3.02. The summed E-state index contributed by atoms with van der Waals surface area (Å²) < 4.78 is 28.0. The van der Waals surface area contributed by atoms with Crippen molar-refractivity contribution in [3.05, 3.63) is 77.4 Å². The van der Waals surface area contributed by atoms with E-state index in [0.29, 0.717) is 37.7 Å². The van der Waals surface area contributed by atoms with Crippen LogP contribution < -0.4 is 4.90 Å². The highest BCUT2D eigenvalue weighted by atomic mass is 19.1. The summed E-state index contributed by atoms with van der Waals surface area (Å²) in [7, 11) is 0. The molecule has 2 aliphatic rings. The van der Waals surface area contributed by atoms with Crippen molar-refractivity contribution >= 4 is 17.4 Å². The molecule has 4 rings (SSSR count). The molecule has 0 atom stereocenters. The first-order chi connectivity index (χ1) is 15.5. The Labute approximate surface area is 187 Å². The lowest BCUT2D eigenvalue weighted by molar-refractivity contribution is -0.126. The van der Waals surface area contributed by atoms with Gasteiger partial charge in [0.2, 0.25) is 5.91 Å². The van der Waals surface area contributed by atoms with Gasteiger partial charge in [0, 0.05) is 37.8 Å². The van der Waals surface area contributed by atoms with Crippen molar-refractivity contribution in [2.24, 2.45) is 0 Å². The second-order valence-corrected chi connectivity index (χ2v) is 8.54. The first-order valence-electron chi connectivity index (χ1n) is 11.3. The largest absolute Gasteiger partial charge is 0.363 e. The van der Waals surface area contributed by atoms with E-state index in [1.807, 2.05) is 24.3 Å². The molecule has 1 heterocycles. The Morgan fingerprint density at radius 1 is 0.812 bits per heavy atom. The number of carbonyl (C=O) groups excluding carboxylic acids is 2. The zero-order valence-electron chi connectivity index (χ0n) is 18.1. The molecule has 0 aromatic heterocycles. The number of carbonyl (C=O) groups is 2. The van der Waals surface area contributed by atoms with Crippen LogP contribution in [-0.4, -0.2) is 42.8 Å². The molecule has 0 bridgehead atoms. The van der Waals surface area contributed by atoms with Gasteiger partial charge >= 0.3 is 0 Å². The SMILES string of the molecule is O=C(/C=C/C(=O)N1CCN(c2c(F)cccc2F)CC1)c1ccc(C2CCCCC2)cc1. The smallest absolute Gasteiger partial charge is 0.246 e. The molecule has 2 aromatic carbocycles. The van der Waals surface area contributed by atoms with E-state index >= 15 is 0 Å². The number of ketones is 1. The summed E-state index contributed by atoms with van der Waals surface area (Å²) in [6.45, 7) is 1.32. The molecule has 1 aliphatic carbocycles. The normalized spacial score (nSPS) is 17.7. The lowest BCUT2D eigenvalue weighted by atomic mass is 9.84. The van der Waals surface area contributed by atoms with Crippen molar-refractivity contribution < 1.29 is 18.4 Å². The van der Waals surface area contributed by atoms with Gasteiger partial charge in [-0.05, 0) is 42.5 Å². The Balaban J connectivity index is 1.31. The number of para-hydroxylation sites is 1. The molecule has 2 fully saturated rings. The number of nitrogens with zero attached hydrogens (tertiary/aromatic N) is 2. The van der Waals surface area contributed by atoms with Gasteiger partial charge in [0.25, 0.3) is 0 Å². The van der Waals surface area contributed by atoms with Gasteiger partial charge in [-0.2, -0.15) is 0 Å². The summed E-state index contributed by atoms with van der Waals surface area (Å²) >= 11 is 0. The van der Waals surface area contributed by atoms with Crippen LogP contribution in [0.25, 0.3) is 0 Å². The number of hydrogen-bond acceptors (Lipinski definition) is 3. The van der Waals surface area contributed by atoms with Crippen LogP contribution in [0.3, 0.4) is 0 Å². The number of hydrogen-bond donors (Lipinski definition) is 0. The Kier molecular flexibility index (Phi) is 6.98. The Morgan fingerprint density at radius 3 is 2.06 bits per heavy atom. The number of amides is 1. The van der Waals surface area contributed by atoms with Gasteiger partial charge < -0.3 is 9.80 Å². The zero-order chi connectivity index (χ0) is 22.5. The van der Waals surface area contributed by atoms with Gasteiger partial charge in [0.05, 0.1) is 0 Å². The van der Waals surface area contributed by atoms with Crippen molar-refractivity contribution in [3.63, 3.8) is 0 Å². The molecule has 0 spiro atoms. The van der Waals surface area contributed by atoms with Crippen LogP contribution in [0, 0.1) is 11.6 Å². The van der Waals surface area contributed by atoms with Crippen LogP contribution in [0.5, 0.6) is 0 Å². The van der Waals surface area contributed by atoms with E-state index in [1.165, 1.54) is 68.0 Å². The highest BCUT2D eigenvalue weighted by Gasteiger charge is 2.24. The molecule has 0 N–H and O–H groups in total. The summed E-state index contributed by atoms with van der Waals surface area (Å²) in [4.78, 5) is 28.2. The van der Waals surface area contributed by atoms with Crippen LogP contribution in [0.15, 0.2) is 54.6 Å². The Bertz CT molecular complexity index is 969. The molecule has 1 amide bonds. The van der Waals surface area contributed by atoms with Gasteiger partial charge in [-0.15, -0.1) is 0 Å². The van der Waals surface area contributed by atoms with Crippen LogP contribution in [-0.2, 0) is 4.79 Å². The molecule has 6 heteroatoms. The molecule has 1 aliphatic heterocycles. The lowest BCUT2D eigenvalue weighted by Gasteiger charge is -2.35. The quantitative estimate of drug-likeness (QED) is 0.482. The third-order valence-electron chi connectivity index (χ3n) is 6.49. The number of halogens is 2. The molecule has 0 radical (unpaired) electrons. The van der Waals surface area contributed by atoms with Crippen LogP contribution in [0.1, 0.15) is 53.9 Å². The van der Waals surface area contributed by atoms with Crippen molar-refractivity contribution in [1.82, 2.24) is 4.90 Å². The third-order valence-corrected chi connectivity index (χ3v) is 6.49. The lowest BCUT2D eigenvalue weighted by Crippen LogP contribution is -2.48. The second kappa shape index (κ2) is 10.1. The molecule has 2 aromatic rings. The van der Waals surface area contributed by atoms with Gasteiger partial charge in [-0.1, -0.05) is 49.6 Å². The molecule has 168 valence electrons. The number of benzene rings is 2. The maximum Gasteiger partial charge on any atom is 0.246 e. The molecular weight excluding hydrogens is 410 g/mol. The van der Waals surface area contributed by atoms with E-state index in [0.717, 1.165) is 0 Å². The number of anilines is 1. The highest BCUT2D eigenvalue weighted by molar-refractivity contribution is 6.07. The second-order valence-electron chi connectivity index (χ2n) is 8.54. The fourth-order valence-electron chi connectivity index (χ4n) is 4.65. The van der Waals surface area contributed by atoms with Gasteiger partial charge in [-0.25, -0.2) is 8.78 Å². The van der Waals surface area contributed by atoms with Gasteiger partial charge in [0.1, 0.15) is 17.3 Å². The fourth-order valence-corrected chi connectivity index (χ4v) is 4.65. The maximum atomic E-state index is 14.0. The molecule has 4 nitrogen and oxygen atoms in total. The standard InChI is InChI=1S/C26H28F2N2O2/c27-22-7-4-8-23(28)26(22)30-17-15-29(16-18-30)25(32)14-13-24(31)21-11-9-20(10-12-21)19-5-2-1-3-6-19/h4,7-14,19H,1-3,5-6,15-18H2/b14-13+. The zero-order valence-corrected chi connectivity index (χ0v) is 18.1. The van der Waals surface area contributed by atoms with E-state index in [-0.39, 0.29) is 17.4 Å². The fraction of sp³-hybridized carbons (Fsp3) is 0.385. The van der Waals surface area contributed by atoms with Crippen molar-refractivity contribution in [2.45, 2.75) is 38.0 Å². The minimum Gasteiger partial charge on any atom is -0.363 e. The molecular formula is C26H28F2N2O2. The topological polar surface area (TPSA) is 40.6 Å². The average molecular weight is 439 g/mol. The number of piperazine rings is 1. The predicted octanol–water partition coefficient (Wildman–Crippen LogP) is 5.10. The molecule has 1 saturated heterocycles. The number of rotatable bonds is 5. The summed E-state index contributed by atoms with van der Waals surface area (Å²) in [5, 5.41) is 0. The molecule has 1 saturated carbocycles. The average Bonchev–Trinajstić information content (AvgIpc) is 2.83. The predicted molar refractivity (Wildman–Crippen MR) is 121 cm³/mol. The van der Waals surface area contributed by atoms with E-state index in [1.54, 1.807) is 9.80 Å². The van der Waals surface area contributed by atoms with Gasteiger partial charge in [-0.3, -0.25) is 9.59 Å². The highest BCUT2D eigenvalue weighted by Crippen LogP contribution is 2.32. The van der Waals surface area contributed by atoms with Gasteiger partial charge in [0.15, 0.2) is 5.78 Å². The third kappa shape index (κ3) is 5.06.